The minimum atomic E-state index is -1.04. The van der Waals surface area contributed by atoms with Crippen LogP contribution in [0.1, 0.15) is 78.6 Å². The quantitative estimate of drug-likeness (QED) is 0.387. The molecule has 4 aliphatic carbocycles. The molecule has 0 radical (unpaired) electrons. The van der Waals surface area contributed by atoms with Gasteiger partial charge in [-0.3, -0.25) is 9.59 Å². The van der Waals surface area contributed by atoms with E-state index in [4.69, 9.17) is 5.11 Å². The second-order valence-electron chi connectivity index (χ2n) is 12.2. The summed E-state index contributed by atoms with van der Waals surface area (Å²) < 4.78 is 0. The molecule has 11 atom stereocenters. The van der Waals surface area contributed by atoms with Crippen LogP contribution in [0.4, 0.5) is 0 Å². The van der Waals surface area contributed by atoms with Crippen molar-refractivity contribution in [3.63, 3.8) is 0 Å². The van der Waals surface area contributed by atoms with E-state index in [9.17, 15) is 24.9 Å². The van der Waals surface area contributed by atoms with Crippen molar-refractivity contribution >= 4 is 11.9 Å². The first-order chi connectivity index (χ1) is 15.5. The summed E-state index contributed by atoms with van der Waals surface area (Å²) in [6.07, 6.45) is 5.86. The van der Waals surface area contributed by atoms with Gasteiger partial charge in [-0.25, -0.2) is 0 Å². The fraction of sp³-hybridized carbons (Fsp3) is 0.923. The Morgan fingerprint density at radius 1 is 1.03 bits per heavy atom. The lowest BCUT2D eigenvalue weighted by Crippen LogP contribution is -2.62. The number of carboxylic acid groups (broad SMARTS) is 1. The minimum absolute atomic E-state index is 0. The van der Waals surface area contributed by atoms with E-state index in [0.717, 1.165) is 38.5 Å². The van der Waals surface area contributed by atoms with Crippen molar-refractivity contribution in [1.29, 1.82) is 0 Å². The van der Waals surface area contributed by atoms with Gasteiger partial charge in [0.1, 0.15) is 6.54 Å². The molecule has 196 valence electrons. The first-order valence-electron chi connectivity index (χ1n) is 13.0. The lowest BCUT2D eigenvalue weighted by Gasteiger charge is -2.63. The maximum atomic E-state index is 12.0. The Kier molecular flexibility index (Phi) is 8.08. The highest BCUT2D eigenvalue weighted by Crippen LogP contribution is 2.68. The molecule has 4 rings (SSSR count). The first kappa shape index (κ1) is 27.4. The molecule has 0 spiro atoms. The van der Waals surface area contributed by atoms with Crippen molar-refractivity contribution in [2.45, 2.75) is 96.9 Å². The minimum Gasteiger partial charge on any atom is -0.480 e. The number of carbonyl (C=O) groups is 2. The Balaban J connectivity index is 0.00000324. The van der Waals surface area contributed by atoms with Crippen LogP contribution >= 0.6 is 0 Å². The predicted octanol–water partition coefficient (Wildman–Crippen LogP) is 1.74. The predicted molar refractivity (Wildman–Crippen MR) is 127 cm³/mol. The van der Waals surface area contributed by atoms with Crippen molar-refractivity contribution < 1.29 is 35.5 Å². The first-order valence-corrected chi connectivity index (χ1v) is 13.0. The molecular formula is C26H45NO7. The fourth-order valence-electron chi connectivity index (χ4n) is 8.95. The number of amides is 1. The van der Waals surface area contributed by atoms with E-state index in [1.54, 1.807) is 0 Å². The van der Waals surface area contributed by atoms with Gasteiger partial charge >= 0.3 is 5.97 Å². The third-order valence-electron chi connectivity index (χ3n) is 10.8. The molecule has 4 fully saturated rings. The van der Waals surface area contributed by atoms with Gasteiger partial charge in [0.15, 0.2) is 0 Å². The van der Waals surface area contributed by atoms with E-state index in [2.05, 4.69) is 26.1 Å². The molecule has 8 heteroatoms. The van der Waals surface area contributed by atoms with Crippen LogP contribution in [0.15, 0.2) is 0 Å². The lowest BCUT2D eigenvalue weighted by molar-refractivity contribution is -0.207. The van der Waals surface area contributed by atoms with Gasteiger partial charge in [-0.05, 0) is 97.7 Å². The molecule has 1 amide bonds. The normalized spacial score (nSPS) is 46.3. The van der Waals surface area contributed by atoms with Crippen molar-refractivity contribution in [3.8, 4) is 0 Å². The summed E-state index contributed by atoms with van der Waals surface area (Å²) in [6.45, 7) is 6.35. The highest BCUT2D eigenvalue weighted by molar-refractivity contribution is 5.81. The van der Waals surface area contributed by atoms with Crippen LogP contribution in [0.5, 0.6) is 0 Å². The molecule has 0 aromatic rings. The molecule has 0 heterocycles. The Morgan fingerprint density at radius 2 is 1.74 bits per heavy atom. The van der Waals surface area contributed by atoms with Crippen LogP contribution in [-0.4, -0.2) is 62.6 Å². The number of fused-ring (bicyclic) bond motifs is 5. The summed E-state index contributed by atoms with van der Waals surface area (Å²) in [7, 11) is 0. The van der Waals surface area contributed by atoms with Crippen molar-refractivity contribution in [3.05, 3.63) is 0 Å². The zero-order chi connectivity index (χ0) is 24.1. The molecule has 0 saturated heterocycles. The van der Waals surface area contributed by atoms with Gasteiger partial charge in [-0.1, -0.05) is 20.8 Å². The van der Waals surface area contributed by atoms with E-state index < -0.39 is 12.1 Å². The Morgan fingerprint density at radius 3 is 2.41 bits per heavy atom. The zero-order valence-corrected chi connectivity index (χ0v) is 20.9. The van der Waals surface area contributed by atoms with Crippen LogP contribution in [0.3, 0.4) is 0 Å². The summed E-state index contributed by atoms with van der Waals surface area (Å²) >= 11 is 0. The summed E-state index contributed by atoms with van der Waals surface area (Å²) in [4.78, 5) is 22.7. The van der Waals surface area contributed by atoms with Gasteiger partial charge in [-0.15, -0.1) is 0 Å². The number of hydrogen-bond donors (Lipinski definition) is 5. The maximum absolute atomic E-state index is 12.0. The van der Waals surface area contributed by atoms with Crippen LogP contribution in [0.25, 0.3) is 0 Å². The van der Waals surface area contributed by atoms with Gasteiger partial charge in [-0.2, -0.15) is 0 Å². The molecule has 4 aliphatic rings. The summed E-state index contributed by atoms with van der Waals surface area (Å²) in [6, 6.07) is 0. The van der Waals surface area contributed by atoms with Gasteiger partial charge in [0.2, 0.25) is 5.91 Å². The van der Waals surface area contributed by atoms with Crippen LogP contribution < -0.4 is 5.32 Å². The maximum Gasteiger partial charge on any atom is 0.322 e. The number of aliphatic carboxylic acids is 1. The van der Waals surface area contributed by atoms with E-state index >= 15 is 0 Å². The van der Waals surface area contributed by atoms with Gasteiger partial charge < -0.3 is 31.2 Å². The summed E-state index contributed by atoms with van der Waals surface area (Å²) in [5.74, 6) is 0.265. The average molecular weight is 484 g/mol. The molecule has 7 N–H and O–H groups in total. The largest absolute Gasteiger partial charge is 0.480 e. The van der Waals surface area contributed by atoms with Crippen molar-refractivity contribution in [2.75, 3.05) is 6.54 Å². The Labute approximate surface area is 202 Å². The molecule has 34 heavy (non-hydrogen) atoms. The topological polar surface area (TPSA) is 159 Å². The third kappa shape index (κ3) is 4.51. The van der Waals surface area contributed by atoms with Gasteiger partial charge in [0.05, 0.1) is 18.3 Å². The van der Waals surface area contributed by atoms with Gasteiger partial charge in [0, 0.05) is 6.42 Å². The smallest absolute Gasteiger partial charge is 0.322 e. The van der Waals surface area contributed by atoms with Crippen molar-refractivity contribution in [2.24, 2.45) is 46.3 Å². The summed E-state index contributed by atoms with van der Waals surface area (Å²) in [5, 5.41) is 44.4. The molecule has 0 bridgehead atoms. The monoisotopic (exact) mass is 483 g/mol. The molecule has 0 aromatic carbocycles. The van der Waals surface area contributed by atoms with Crippen LogP contribution in [-0.2, 0) is 9.59 Å². The number of carboxylic acids is 1. The average Bonchev–Trinajstić information content (AvgIpc) is 3.11. The van der Waals surface area contributed by atoms with E-state index in [-0.39, 0.29) is 70.6 Å². The Bertz CT molecular complexity index is 761. The van der Waals surface area contributed by atoms with Crippen LogP contribution in [0.2, 0.25) is 0 Å². The molecule has 4 saturated carbocycles. The second-order valence-corrected chi connectivity index (χ2v) is 12.2. The number of nitrogens with one attached hydrogen (secondary N) is 1. The molecule has 0 aliphatic heterocycles. The van der Waals surface area contributed by atoms with E-state index in [0.29, 0.717) is 25.2 Å². The number of carbonyl (C=O) groups excluding carboxylic acids is 1. The highest BCUT2D eigenvalue weighted by atomic mass is 16.4. The number of rotatable bonds is 6. The molecule has 0 aromatic heterocycles. The lowest BCUT2D eigenvalue weighted by atomic mass is 9.43. The molecular weight excluding hydrogens is 438 g/mol. The highest BCUT2D eigenvalue weighted by Gasteiger charge is 2.65. The number of aliphatic hydroxyl groups excluding tert-OH is 3. The van der Waals surface area contributed by atoms with Gasteiger partial charge in [0.25, 0.3) is 0 Å². The zero-order valence-electron chi connectivity index (χ0n) is 20.9. The van der Waals surface area contributed by atoms with E-state index in [1.165, 1.54) is 0 Å². The van der Waals surface area contributed by atoms with Crippen molar-refractivity contribution in [1.82, 2.24) is 5.32 Å². The SMILES string of the molecule is C[C@H](CCC(=O)NCC(=O)O)[C@H]1CC[C@H]2[C@@H]3[C@H](O)CC4C[C@H](O)CC[C@]4(C)[C@H]3C[C@H](O)[C@]12C.O. The van der Waals surface area contributed by atoms with Crippen LogP contribution in [0, 0.1) is 46.3 Å². The fourth-order valence-corrected chi connectivity index (χ4v) is 8.95. The number of hydrogen-bond acceptors (Lipinski definition) is 5. The second kappa shape index (κ2) is 10.0. The van der Waals surface area contributed by atoms with E-state index in [1.807, 2.05) is 0 Å². The molecule has 8 nitrogen and oxygen atoms in total. The summed E-state index contributed by atoms with van der Waals surface area (Å²) in [5.41, 5.74) is -0.214. The molecule has 1 unspecified atom stereocenters. The third-order valence-corrected chi connectivity index (χ3v) is 10.8. The number of aliphatic hydroxyl groups is 3. The Hall–Kier alpha value is -1.22. The standard InChI is InChI=1S/C26H43NO6.H2O/c1-14(4-7-22(31)27-13-23(32)33)17-5-6-18-24-19(12-21(30)26(17,18)3)25(2)9-8-16(28)10-15(25)11-20(24)29;/h14-21,24,28-30H,4-13H2,1-3H3,(H,27,31)(H,32,33);1H2/t14-,15?,16-,17-,18+,19+,20-,21+,24+,25+,26-;/m1./s1.